The zero-order valence-corrected chi connectivity index (χ0v) is 12.3. The molecular formula is C12H6Cl4N2O. The van der Waals surface area contributed by atoms with E-state index in [0.29, 0.717) is 0 Å². The van der Waals surface area contributed by atoms with E-state index in [1.807, 2.05) is 30.3 Å². The SMILES string of the molecule is Clc1nc(Cl)c(Cl)c(OC=Nc2ccccc2)c1Cl. The van der Waals surface area contributed by atoms with Gasteiger partial charge in [-0.1, -0.05) is 64.6 Å². The molecule has 1 aromatic heterocycles. The van der Waals surface area contributed by atoms with Crippen LogP contribution in [0.15, 0.2) is 35.3 Å². The van der Waals surface area contributed by atoms with E-state index in [2.05, 4.69) is 9.98 Å². The molecule has 7 heteroatoms. The van der Waals surface area contributed by atoms with Crippen molar-refractivity contribution in [1.82, 2.24) is 4.98 Å². The van der Waals surface area contributed by atoms with E-state index in [9.17, 15) is 0 Å². The standard InChI is InChI=1S/C12H6Cl4N2O/c13-8-10(9(14)12(16)18-11(8)15)19-6-17-7-4-2-1-3-5-7/h1-6H. The number of hydrogen-bond donors (Lipinski definition) is 0. The predicted molar refractivity (Wildman–Crippen MR) is 79.5 cm³/mol. The molecule has 98 valence electrons. The average molecular weight is 336 g/mol. The van der Waals surface area contributed by atoms with Crippen LogP contribution < -0.4 is 4.74 Å². The van der Waals surface area contributed by atoms with Crippen molar-refractivity contribution in [3.05, 3.63) is 50.7 Å². The van der Waals surface area contributed by atoms with Gasteiger partial charge in [-0.2, -0.15) is 0 Å². The van der Waals surface area contributed by atoms with Gasteiger partial charge in [-0.05, 0) is 12.1 Å². The molecule has 0 bridgehead atoms. The van der Waals surface area contributed by atoms with E-state index in [1.54, 1.807) is 0 Å². The average Bonchev–Trinajstić information content (AvgIpc) is 2.42. The third-order valence-corrected chi connectivity index (χ3v) is 3.53. The lowest BCUT2D eigenvalue weighted by Gasteiger charge is -2.07. The number of pyridine rings is 1. The maximum absolute atomic E-state index is 5.93. The number of para-hydroxylation sites is 1. The fourth-order valence-electron chi connectivity index (χ4n) is 1.23. The Labute approximate surface area is 129 Å². The Morgan fingerprint density at radius 2 is 1.53 bits per heavy atom. The highest BCUT2D eigenvalue weighted by atomic mass is 35.5. The van der Waals surface area contributed by atoms with Crippen molar-refractivity contribution in [2.45, 2.75) is 0 Å². The van der Waals surface area contributed by atoms with Gasteiger partial charge < -0.3 is 4.74 Å². The van der Waals surface area contributed by atoms with Crippen molar-refractivity contribution in [2.24, 2.45) is 4.99 Å². The number of nitrogens with zero attached hydrogens (tertiary/aromatic N) is 2. The molecule has 2 aromatic rings. The molecule has 0 unspecified atom stereocenters. The first-order valence-corrected chi connectivity index (χ1v) is 6.55. The number of aromatic nitrogens is 1. The van der Waals surface area contributed by atoms with Gasteiger partial charge in [0.15, 0.2) is 22.5 Å². The molecule has 0 N–H and O–H groups in total. The van der Waals surface area contributed by atoms with Gasteiger partial charge in [-0.25, -0.2) is 9.98 Å². The molecule has 0 radical (unpaired) electrons. The van der Waals surface area contributed by atoms with Crippen LogP contribution >= 0.6 is 46.4 Å². The lowest BCUT2D eigenvalue weighted by atomic mass is 10.3. The van der Waals surface area contributed by atoms with Gasteiger partial charge in [0.05, 0.1) is 5.69 Å². The molecule has 1 aromatic carbocycles. The Morgan fingerprint density at radius 1 is 0.947 bits per heavy atom. The number of ether oxygens (including phenoxy) is 1. The maximum Gasteiger partial charge on any atom is 0.181 e. The van der Waals surface area contributed by atoms with Gasteiger partial charge in [0, 0.05) is 0 Å². The molecule has 3 nitrogen and oxygen atoms in total. The molecule has 2 rings (SSSR count). The Balaban J connectivity index is 2.23. The van der Waals surface area contributed by atoms with Gasteiger partial charge in [-0.15, -0.1) is 0 Å². The van der Waals surface area contributed by atoms with Crippen LogP contribution in [0.1, 0.15) is 0 Å². The predicted octanol–water partition coefficient (Wildman–Crippen LogP) is 5.43. The molecular weight excluding hydrogens is 330 g/mol. The normalized spacial score (nSPS) is 10.9. The summed E-state index contributed by atoms with van der Waals surface area (Å²) in [5.41, 5.74) is 0.723. The fraction of sp³-hybridized carbons (Fsp3) is 0. The van der Waals surface area contributed by atoms with E-state index in [1.165, 1.54) is 6.40 Å². The second kappa shape index (κ2) is 6.44. The molecule has 0 aliphatic rings. The minimum Gasteiger partial charge on any atom is -0.442 e. The van der Waals surface area contributed by atoms with Gasteiger partial charge in [0.1, 0.15) is 10.0 Å². The molecule has 0 aliphatic carbocycles. The lowest BCUT2D eigenvalue weighted by Crippen LogP contribution is -1.94. The Hall–Kier alpha value is -1.00. The van der Waals surface area contributed by atoms with Crippen LogP contribution in [0.2, 0.25) is 20.4 Å². The summed E-state index contributed by atoms with van der Waals surface area (Å²) in [5, 5.41) is 0.185. The van der Waals surface area contributed by atoms with Crippen molar-refractivity contribution in [3.8, 4) is 5.75 Å². The summed E-state index contributed by atoms with van der Waals surface area (Å²) in [6.45, 7) is 0. The highest BCUT2D eigenvalue weighted by molar-refractivity contribution is 6.47. The Bertz CT molecular complexity index is 591. The monoisotopic (exact) mass is 334 g/mol. The van der Waals surface area contributed by atoms with Crippen molar-refractivity contribution < 1.29 is 4.74 Å². The van der Waals surface area contributed by atoms with E-state index >= 15 is 0 Å². The summed E-state index contributed by atoms with van der Waals surface area (Å²) in [6, 6.07) is 9.22. The third-order valence-electron chi connectivity index (χ3n) is 2.09. The van der Waals surface area contributed by atoms with E-state index in [0.717, 1.165) is 5.69 Å². The van der Waals surface area contributed by atoms with E-state index in [4.69, 9.17) is 51.1 Å². The Morgan fingerprint density at radius 3 is 2.11 bits per heavy atom. The van der Waals surface area contributed by atoms with Gasteiger partial charge in [0.25, 0.3) is 0 Å². The van der Waals surface area contributed by atoms with Crippen LogP contribution in [0.4, 0.5) is 5.69 Å². The minimum absolute atomic E-state index is 0.0131. The number of halogens is 4. The molecule has 0 spiro atoms. The van der Waals surface area contributed by atoms with E-state index in [-0.39, 0.29) is 26.1 Å². The maximum atomic E-state index is 5.93. The highest BCUT2D eigenvalue weighted by Gasteiger charge is 2.16. The minimum atomic E-state index is 0.0131. The molecule has 0 amide bonds. The summed E-state index contributed by atoms with van der Waals surface area (Å²) in [4.78, 5) is 7.81. The quantitative estimate of drug-likeness (QED) is 0.425. The van der Waals surface area contributed by atoms with Gasteiger partial charge in [0.2, 0.25) is 0 Å². The first-order valence-electron chi connectivity index (χ1n) is 5.04. The molecule has 19 heavy (non-hydrogen) atoms. The summed E-state index contributed by atoms with van der Waals surface area (Å²) in [6.07, 6.45) is 1.20. The molecule has 0 aliphatic heterocycles. The zero-order valence-electron chi connectivity index (χ0n) is 9.28. The molecule has 0 fully saturated rings. The van der Waals surface area contributed by atoms with Gasteiger partial charge >= 0.3 is 0 Å². The number of rotatable bonds is 3. The lowest BCUT2D eigenvalue weighted by molar-refractivity contribution is 0.574. The summed E-state index contributed by atoms with van der Waals surface area (Å²) in [7, 11) is 0. The zero-order chi connectivity index (χ0) is 13.8. The second-order valence-corrected chi connectivity index (χ2v) is 4.81. The van der Waals surface area contributed by atoms with Crippen LogP contribution in [0.5, 0.6) is 5.75 Å². The summed E-state index contributed by atoms with van der Waals surface area (Å²) < 4.78 is 5.27. The van der Waals surface area contributed by atoms with Crippen molar-refractivity contribution in [2.75, 3.05) is 0 Å². The third kappa shape index (κ3) is 3.51. The second-order valence-electron chi connectivity index (χ2n) is 3.34. The van der Waals surface area contributed by atoms with Crippen LogP contribution in [-0.2, 0) is 0 Å². The highest BCUT2D eigenvalue weighted by Crippen LogP contribution is 2.40. The topological polar surface area (TPSA) is 34.5 Å². The van der Waals surface area contributed by atoms with E-state index < -0.39 is 0 Å². The number of benzene rings is 1. The molecule has 0 saturated heterocycles. The van der Waals surface area contributed by atoms with Crippen LogP contribution in [0.25, 0.3) is 0 Å². The first kappa shape index (κ1) is 14.4. The van der Waals surface area contributed by atoms with Crippen molar-refractivity contribution in [3.63, 3.8) is 0 Å². The van der Waals surface area contributed by atoms with Gasteiger partial charge in [-0.3, -0.25) is 0 Å². The summed E-state index contributed by atoms with van der Waals surface area (Å²) in [5.74, 6) is 0.119. The van der Waals surface area contributed by atoms with Crippen LogP contribution in [0, 0.1) is 0 Å². The smallest absolute Gasteiger partial charge is 0.181 e. The summed E-state index contributed by atoms with van der Waals surface area (Å²) >= 11 is 23.4. The number of aliphatic imine (C=N–C) groups is 1. The van der Waals surface area contributed by atoms with Crippen LogP contribution in [-0.4, -0.2) is 11.4 Å². The number of hydrogen-bond acceptors (Lipinski definition) is 3. The fourth-order valence-corrected chi connectivity index (χ4v) is 2.02. The molecule has 0 saturated carbocycles. The van der Waals surface area contributed by atoms with Crippen molar-refractivity contribution >= 4 is 58.5 Å². The Kier molecular flexibility index (Phi) is 4.88. The van der Waals surface area contributed by atoms with Crippen molar-refractivity contribution in [1.29, 1.82) is 0 Å². The first-order chi connectivity index (χ1) is 9.09. The molecule has 0 atom stereocenters. The van der Waals surface area contributed by atoms with Crippen LogP contribution in [0.3, 0.4) is 0 Å². The largest absolute Gasteiger partial charge is 0.442 e. The molecule has 1 heterocycles.